The highest BCUT2D eigenvalue weighted by molar-refractivity contribution is 5.85. The molecule has 1 aliphatic rings. The van der Waals surface area contributed by atoms with Crippen molar-refractivity contribution in [3.05, 3.63) is 0 Å². The second-order valence-electron chi connectivity index (χ2n) is 5.95. The standard InChI is InChI=1S/C16H28N2O5/c1-5-16(2,10-17)15(19)18-13(8-22-11-20-3)6-7-14(18)9-23-12-21-4/h13-14H,5-9,11-12H2,1-4H3/t13-,14-,16-/m1/s1. The van der Waals surface area contributed by atoms with Gasteiger partial charge >= 0.3 is 0 Å². The van der Waals surface area contributed by atoms with Crippen LogP contribution in [0.2, 0.25) is 0 Å². The van der Waals surface area contributed by atoms with Gasteiger partial charge in [0.15, 0.2) is 0 Å². The third kappa shape index (κ3) is 5.15. The number of amides is 1. The quantitative estimate of drug-likeness (QED) is 0.447. The number of rotatable bonds is 10. The molecule has 1 amide bonds. The van der Waals surface area contributed by atoms with Crippen LogP contribution in [0.5, 0.6) is 0 Å². The van der Waals surface area contributed by atoms with Gasteiger partial charge in [-0.3, -0.25) is 4.79 Å². The van der Waals surface area contributed by atoms with Gasteiger partial charge in [-0.1, -0.05) is 6.92 Å². The van der Waals surface area contributed by atoms with E-state index in [2.05, 4.69) is 6.07 Å². The molecule has 1 rings (SSSR count). The van der Waals surface area contributed by atoms with Crippen molar-refractivity contribution in [2.45, 2.75) is 45.2 Å². The molecule has 0 aliphatic carbocycles. The molecule has 1 heterocycles. The Kier molecular flexibility index (Phi) is 8.48. The van der Waals surface area contributed by atoms with Gasteiger partial charge in [0.25, 0.3) is 0 Å². The summed E-state index contributed by atoms with van der Waals surface area (Å²) in [6.45, 7) is 4.70. The van der Waals surface area contributed by atoms with Crippen LogP contribution in [0.4, 0.5) is 0 Å². The summed E-state index contributed by atoms with van der Waals surface area (Å²) < 4.78 is 20.7. The van der Waals surface area contributed by atoms with E-state index in [1.54, 1.807) is 26.0 Å². The zero-order chi connectivity index (χ0) is 17.3. The fourth-order valence-corrected chi connectivity index (χ4v) is 2.72. The summed E-state index contributed by atoms with van der Waals surface area (Å²) in [5, 5.41) is 9.42. The Morgan fingerprint density at radius 1 is 1.17 bits per heavy atom. The van der Waals surface area contributed by atoms with E-state index in [1.807, 2.05) is 6.92 Å². The van der Waals surface area contributed by atoms with Crippen molar-refractivity contribution in [3.63, 3.8) is 0 Å². The molecule has 0 saturated carbocycles. The minimum Gasteiger partial charge on any atom is -0.359 e. The first-order chi connectivity index (χ1) is 11.0. The summed E-state index contributed by atoms with van der Waals surface area (Å²) in [5.74, 6) is -0.156. The van der Waals surface area contributed by atoms with Crippen molar-refractivity contribution in [1.82, 2.24) is 4.90 Å². The molecule has 1 aliphatic heterocycles. The normalized spacial score (nSPS) is 23.5. The van der Waals surface area contributed by atoms with E-state index in [9.17, 15) is 10.1 Å². The Labute approximate surface area is 138 Å². The van der Waals surface area contributed by atoms with Crippen LogP contribution < -0.4 is 0 Å². The molecule has 132 valence electrons. The Balaban J connectivity index is 2.83. The molecule has 0 spiro atoms. The smallest absolute Gasteiger partial charge is 0.243 e. The van der Waals surface area contributed by atoms with Crippen molar-refractivity contribution in [1.29, 1.82) is 5.26 Å². The summed E-state index contributed by atoms with van der Waals surface area (Å²) in [5.41, 5.74) is -1.02. The molecule has 23 heavy (non-hydrogen) atoms. The highest BCUT2D eigenvalue weighted by Crippen LogP contribution is 2.32. The Bertz CT molecular complexity index is 394. The monoisotopic (exact) mass is 328 g/mol. The molecule has 1 saturated heterocycles. The lowest BCUT2D eigenvalue weighted by molar-refractivity contribution is -0.146. The zero-order valence-corrected chi connectivity index (χ0v) is 14.5. The largest absolute Gasteiger partial charge is 0.359 e. The van der Waals surface area contributed by atoms with E-state index < -0.39 is 5.41 Å². The van der Waals surface area contributed by atoms with E-state index in [4.69, 9.17) is 18.9 Å². The first-order valence-corrected chi connectivity index (χ1v) is 7.91. The summed E-state index contributed by atoms with van der Waals surface area (Å²) >= 11 is 0. The van der Waals surface area contributed by atoms with E-state index >= 15 is 0 Å². The van der Waals surface area contributed by atoms with Crippen LogP contribution in [0.1, 0.15) is 33.1 Å². The van der Waals surface area contributed by atoms with Crippen molar-refractivity contribution < 1.29 is 23.7 Å². The number of hydrogen-bond donors (Lipinski definition) is 0. The van der Waals surface area contributed by atoms with Crippen LogP contribution >= 0.6 is 0 Å². The predicted molar refractivity (Wildman–Crippen MR) is 83.3 cm³/mol. The van der Waals surface area contributed by atoms with Crippen LogP contribution in [-0.4, -0.2) is 63.9 Å². The topological polar surface area (TPSA) is 81.0 Å². The van der Waals surface area contributed by atoms with Crippen LogP contribution in [0.3, 0.4) is 0 Å². The number of nitriles is 1. The van der Waals surface area contributed by atoms with Gasteiger partial charge in [-0.25, -0.2) is 0 Å². The molecule has 0 N–H and O–H groups in total. The lowest BCUT2D eigenvalue weighted by Gasteiger charge is -2.35. The Morgan fingerprint density at radius 3 is 2.00 bits per heavy atom. The molecule has 0 bridgehead atoms. The third-order valence-corrected chi connectivity index (χ3v) is 4.30. The van der Waals surface area contributed by atoms with Gasteiger partial charge in [-0.15, -0.1) is 0 Å². The van der Waals surface area contributed by atoms with Gasteiger partial charge in [-0.05, 0) is 26.2 Å². The average Bonchev–Trinajstić information content (AvgIpc) is 2.96. The van der Waals surface area contributed by atoms with Crippen LogP contribution in [0.15, 0.2) is 0 Å². The summed E-state index contributed by atoms with van der Waals surface area (Å²) in [6.07, 6.45) is 2.11. The maximum Gasteiger partial charge on any atom is 0.243 e. The van der Waals surface area contributed by atoms with E-state index in [0.29, 0.717) is 19.6 Å². The molecule has 0 radical (unpaired) electrons. The number of carbonyl (C=O) groups is 1. The van der Waals surface area contributed by atoms with Gasteiger partial charge < -0.3 is 23.8 Å². The first kappa shape index (κ1) is 19.8. The maximum absolute atomic E-state index is 12.9. The molecule has 7 heteroatoms. The molecule has 0 unspecified atom stereocenters. The number of methoxy groups -OCH3 is 2. The number of ether oxygens (including phenoxy) is 4. The van der Waals surface area contributed by atoms with Gasteiger partial charge in [0.2, 0.25) is 5.91 Å². The van der Waals surface area contributed by atoms with Crippen molar-refractivity contribution in [3.8, 4) is 6.07 Å². The number of nitrogens with zero attached hydrogens (tertiary/aromatic N) is 2. The maximum atomic E-state index is 12.9. The van der Waals surface area contributed by atoms with E-state index in [1.165, 1.54) is 0 Å². The van der Waals surface area contributed by atoms with E-state index in [-0.39, 0.29) is 31.6 Å². The van der Waals surface area contributed by atoms with E-state index in [0.717, 1.165) is 12.8 Å². The Morgan fingerprint density at radius 2 is 1.65 bits per heavy atom. The van der Waals surface area contributed by atoms with Crippen LogP contribution in [0.25, 0.3) is 0 Å². The van der Waals surface area contributed by atoms with Gasteiger partial charge in [-0.2, -0.15) is 5.26 Å². The zero-order valence-electron chi connectivity index (χ0n) is 14.5. The molecular weight excluding hydrogens is 300 g/mol. The second kappa shape index (κ2) is 9.83. The van der Waals surface area contributed by atoms with Crippen LogP contribution in [-0.2, 0) is 23.7 Å². The molecule has 0 aromatic rings. The van der Waals surface area contributed by atoms with Crippen molar-refractivity contribution >= 4 is 5.91 Å². The number of likely N-dealkylation sites (tertiary alicyclic amines) is 1. The van der Waals surface area contributed by atoms with Gasteiger partial charge in [0.05, 0.1) is 31.4 Å². The molecule has 3 atom stereocenters. The number of carbonyl (C=O) groups excluding carboxylic acids is 1. The third-order valence-electron chi connectivity index (χ3n) is 4.30. The lowest BCUT2D eigenvalue weighted by atomic mass is 9.87. The highest BCUT2D eigenvalue weighted by atomic mass is 16.7. The van der Waals surface area contributed by atoms with Crippen molar-refractivity contribution in [2.75, 3.05) is 41.0 Å². The average molecular weight is 328 g/mol. The second-order valence-corrected chi connectivity index (χ2v) is 5.95. The van der Waals surface area contributed by atoms with Crippen LogP contribution in [0, 0.1) is 16.7 Å². The highest BCUT2D eigenvalue weighted by Gasteiger charge is 2.44. The molecular formula is C16H28N2O5. The number of hydrogen-bond acceptors (Lipinski definition) is 6. The molecule has 0 aromatic heterocycles. The van der Waals surface area contributed by atoms with Crippen molar-refractivity contribution in [2.24, 2.45) is 5.41 Å². The fraction of sp³-hybridized carbons (Fsp3) is 0.875. The predicted octanol–water partition coefficient (Wildman–Crippen LogP) is 1.53. The SMILES string of the molecule is CC[C@](C)(C#N)C(=O)N1[C@@H](COCOC)CC[C@@H]1COCOC. The van der Waals surface area contributed by atoms with Gasteiger partial charge in [0, 0.05) is 14.2 Å². The van der Waals surface area contributed by atoms with Gasteiger partial charge in [0.1, 0.15) is 19.0 Å². The molecule has 1 fully saturated rings. The Hall–Kier alpha value is -1.20. The fourth-order valence-electron chi connectivity index (χ4n) is 2.72. The summed E-state index contributed by atoms with van der Waals surface area (Å²) in [4.78, 5) is 14.7. The molecule has 7 nitrogen and oxygen atoms in total. The lowest BCUT2D eigenvalue weighted by Crippen LogP contribution is -2.50. The summed E-state index contributed by atoms with van der Waals surface area (Å²) in [6, 6.07) is 2.03. The minimum absolute atomic E-state index is 0.0620. The summed E-state index contributed by atoms with van der Waals surface area (Å²) in [7, 11) is 3.12. The minimum atomic E-state index is -1.02. The first-order valence-electron chi connectivity index (χ1n) is 7.91. The molecule has 0 aromatic carbocycles.